The van der Waals surface area contributed by atoms with Crippen LogP contribution in [0.1, 0.15) is 80.6 Å². The van der Waals surface area contributed by atoms with Crippen molar-refractivity contribution in [2.24, 2.45) is 5.92 Å². The number of aliphatic hydroxyl groups is 2. The molecule has 3 unspecified atom stereocenters. The van der Waals surface area contributed by atoms with Crippen molar-refractivity contribution in [2.75, 3.05) is 0 Å². The Labute approximate surface area is 190 Å². The fourth-order valence-corrected chi connectivity index (χ4v) is 6.65. The zero-order chi connectivity index (χ0) is 23.4. The molecular formula is C24H46O6Si. The second-order valence-electron chi connectivity index (χ2n) is 12.3. The van der Waals surface area contributed by atoms with Gasteiger partial charge in [0, 0.05) is 18.9 Å². The number of ether oxygens (including phenoxy) is 3. The molecule has 31 heavy (non-hydrogen) atoms. The summed E-state index contributed by atoms with van der Waals surface area (Å²) in [6.45, 7) is 19.4. The lowest BCUT2D eigenvalue weighted by molar-refractivity contribution is -0.165. The van der Waals surface area contributed by atoms with Gasteiger partial charge in [0.25, 0.3) is 0 Å². The average molecular weight is 459 g/mol. The molecule has 2 N–H and O–H groups in total. The summed E-state index contributed by atoms with van der Waals surface area (Å²) < 4.78 is 24.7. The van der Waals surface area contributed by atoms with Gasteiger partial charge in [0.05, 0.1) is 30.0 Å². The Hall–Kier alpha value is -0.0231. The summed E-state index contributed by atoms with van der Waals surface area (Å²) in [5.74, 6) is -0.357. The van der Waals surface area contributed by atoms with Crippen molar-refractivity contribution in [2.45, 2.75) is 147 Å². The monoisotopic (exact) mass is 458 g/mol. The molecule has 6 nitrogen and oxygen atoms in total. The Bertz CT molecular complexity index is 632. The SMILES string of the molecule is C[C@H](CC(O)CCC1O[C@H]2C[C@@]1(O)C[C@H]1OC(C)(C)OC21)[C@H](C)O[Si](C)(C)C(C)(C)C. The van der Waals surface area contributed by atoms with Gasteiger partial charge >= 0.3 is 0 Å². The molecule has 3 fully saturated rings. The summed E-state index contributed by atoms with van der Waals surface area (Å²) >= 11 is 0. The predicted molar refractivity (Wildman–Crippen MR) is 123 cm³/mol. The van der Waals surface area contributed by atoms with Crippen LogP contribution in [-0.2, 0) is 18.6 Å². The largest absolute Gasteiger partial charge is 0.414 e. The molecule has 182 valence electrons. The number of rotatable bonds is 8. The Kier molecular flexibility index (Phi) is 7.13. The Morgan fingerprint density at radius 1 is 1.10 bits per heavy atom. The highest BCUT2D eigenvalue weighted by atomic mass is 28.4. The smallest absolute Gasteiger partial charge is 0.192 e. The van der Waals surface area contributed by atoms with Crippen molar-refractivity contribution >= 4 is 8.32 Å². The molecular weight excluding hydrogens is 412 g/mol. The molecule has 0 radical (unpaired) electrons. The summed E-state index contributed by atoms with van der Waals surface area (Å²) in [7, 11) is -1.83. The topological polar surface area (TPSA) is 77.4 Å². The lowest BCUT2D eigenvalue weighted by Crippen LogP contribution is -2.48. The normalized spacial score (nSPS) is 38.0. The maximum atomic E-state index is 11.2. The third kappa shape index (κ3) is 5.56. The van der Waals surface area contributed by atoms with E-state index in [1.807, 2.05) is 13.8 Å². The van der Waals surface area contributed by atoms with Gasteiger partial charge in [-0.15, -0.1) is 0 Å². The number of aliphatic hydroxyl groups excluding tert-OH is 1. The van der Waals surface area contributed by atoms with Gasteiger partial charge in [-0.3, -0.25) is 0 Å². The first-order chi connectivity index (χ1) is 14.0. The minimum atomic E-state index is -1.83. The van der Waals surface area contributed by atoms with Crippen LogP contribution < -0.4 is 0 Å². The Morgan fingerprint density at radius 2 is 1.71 bits per heavy atom. The zero-order valence-electron chi connectivity index (χ0n) is 21.1. The Balaban J connectivity index is 1.48. The van der Waals surface area contributed by atoms with Gasteiger partial charge in [-0.05, 0) is 64.1 Å². The molecule has 3 rings (SSSR count). The van der Waals surface area contributed by atoms with Crippen LogP contribution in [0.2, 0.25) is 18.1 Å². The van der Waals surface area contributed by atoms with Gasteiger partial charge in [-0.25, -0.2) is 0 Å². The number of fused-ring (bicyclic) bond motifs is 4. The van der Waals surface area contributed by atoms with E-state index in [9.17, 15) is 10.2 Å². The number of hydrogen-bond acceptors (Lipinski definition) is 6. The van der Waals surface area contributed by atoms with Crippen molar-refractivity contribution in [1.82, 2.24) is 0 Å². The fraction of sp³-hybridized carbons (Fsp3) is 1.00. The van der Waals surface area contributed by atoms with Crippen LogP contribution in [0.4, 0.5) is 0 Å². The van der Waals surface area contributed by atoms with E-state index in [1.54, 1.807) is 0 Å². The zero-order valence-corrected chi connectivity index (χ0v) is 22.1. The quantitative estimate of drug-likeness (QED) is 0.526. The van der Waals surface area contributed by atoms with E-state index in [4.69, 9.17) is 18.6 Å². The first-order valence-electron chi connectivity index (χ1n) is 12.1. The maximum absolute atomic E-state index is 11.2. The molecule has 0 aromatic rings. The van der Waals surface area contributed by atoms with Crippen LogP contribution in [0.15, 0.2) is 0 Å². The third-order valence-corrected chi connectivity index (χ3v) is 12.7. The van der Waals surface area contributed by atoms with Crippen molar-refractivity contribution in [3.8, 4) is 0 Å². The van der Waals surface area contributed by atoms with Gasteiger partial charge in [0.2, 0.25) is 0 Å². The molecule has 2 bridgehead atoms. The van der Waals surface area contributed by atoms with Crippen LogP contribution in [0.3, 0.4) is 0 Å². The van der Waals surface area contributed by atoms with Gasteiger partial charge < -0.3 is 28.8 Å². The molecule has 7 heteroatoms. The molecule has 0 amide bonds. The van der Waals surface area contributed by atoms with Crippen molar-refractivity contribution < 1.29 is 28.8 Å². The molecule has 2 heterocycles. The van der Waals surface area contributed by atoms with Gasteiger partial charge in [-0.1, -0.05) is 27.7 Å². The minimum absolute atomic E-state index is 0.110. The predicted octanol–water partition coefficient (Wildman–Crippen LogP) is 4.38. The summed E-state index contributed by atoms with van der Waals surface area (Å²) in [6.07, 6.45) is 2.09. The van der Waals surface area contributed by atoms with E-state index in [-0.39, 0.29) is 41.5 Å². The molecule has 0 aromatic carbocycles. The third-order valence-electron chi connectivity index (χ3n) is 8.13. The molecule has 2 saturated heterocycles. The van der Waals surface area contributed by atoms with Crippen molar-refractivity contribution in [3.05, 3.63) is 0 Å². The van der Waals surface area contributed by atoms with Crippen molar-refractivity contribution in [1.29, 1.82) is 0 Å². The summed E-state index contributed by atoms with van der Waals surface area (Å²) in [5, 5.41) is 22.1. The fourth-order valence-electron chi connectivity index (χ4n) is 5.14. The molecule has 0 aromatic heterocycles. The molecule has 2 aliphatic heterocycles. The first-order valence-corrected chi connectivity index (χ1v) is 15.0. The van der Waals surface area contributed by atoms with Gasteiger partial charge in [0.15, 0.2) is 14.1 Å². The first kappa shape index (κ1) is 25.6. The van der Waals surface area contributed by atoms with Gasteiger partial charge in [0.1, 0.15) is 6.10 Å². The van der Waals surface area contributed by atoms with E-state index in [2.05, 4.69) is 47.7 Å². The molecule has 3 aliphatic rings. The van der Waals surface area contributed by atoms with Gasteiger partial charge in [-0.2, -0.15) is 0 Å². The van der Waals surface area contributed by atoms with E-state index >= 15 is 0 Å². The van der Waals surface area contributed by atoms with Crippen LogP contribution in [0.5, 0.6) is 0 Å². The Morgan fingerprint density at radius 3 is 2.32 bits per heavy atom. The second kappa shape index (κ2) is 8.64. The van der Waals surface area contributed by atoms with Crippen LogP contribution in [0.25, 0.3) is 0 Å². The van der Waals surface area contributed by atoms with E-state index in [1.165, 1.54) is 0 Å². The molecule has 0 spiro atoms. The summed E-state index contributed by atoms with van der Waals surface area (Å²) in [6, 6.07) is 0. The molecule has 1 saturated carbocycles. The van der Waals surface area contributed by atoms with Crippen LogP contribution >= 0.6 is 0 Å². The maximum Gasteiger partial charge on any atom is 0.192 e. The van der Waals surface area contributed by atoms with E-state index in [0.717, 1.165) is 0 Å². The summed E-state index contributed by atoms with van der Waals surface area (Å²) in [5.41, 5.74) is -0.889. The van der Waals surface area contributed by atoms with Crippen molar-refractivity contribution in [3.63, 3.8) is 0 Å². The van der Waals surface area contributed by atoms with Crippen LogP contribution in [0, 0.1) is 5.92 Å². The standard InChI is InChI=1S/C24H46O6Si/c1-15(16(2)30-31(8,9)22(3,4)5)12-17(25)10-11-20-24(26)13-18(27-20)21-19(14-24)28-23(6,7)29-21/h15-21,25-26H,10-14H2,1-9H3/t15-,16+,17?,18+,19-,20?,21?,24-/m1/s1. The highest BCUT2D eigenvalue weighted by Gasteiger charge is 2.61. The van der Waals surface area contributed by atoms with E-state index < -0.39 is 25.8 Å². The molecule has 8 atom stereocenters. The minimum Gasteiger partial charge on any atom is -0.414 e. The highest BCUT2D eigenvalue weighted by Crippen LogP contribution is 2.49. The molecule has 1 aliphatic carbocycles. The van der Waals surface area contributed by atoms with E-state index in [0.29, 0.717) is 32.1 Å². The lowest BCUT2D eigenvalue weighted by atomic mass is 9.78. The second-order valence-corrected chi connectivity index (χ2v) is 17.1. The average Bonchev–Trinajstić information content (AvgIpc) is 3.04. The van der Waals surface area contributed by atoms with Crippen LogP contribution in [-0.4, -0.2) is 66.5 Å². The summed E-state index contributed by atoms with van der Waals surface area (Å²) in [4.78, 5) is 0. The lowest BCUT2D eigenvalue weighted by Gasteiger charge is -2.40. The highest BCUT2D eigenvalue weighted by molar-refractivity contribution is 6.74. The number of hydrogen-bond donors (Lipinski definition) is 2.